The molecule has 1 aliphatic heterocycles. The Bertz CT molecular complexity index is 713. The van der Waals surface area contributed by atoms with Crippen molar-refractivity contribution < 1.29 is 17.9 Å². The van der Waals surface area contributed by atoms with E-state index in [1.54, 1.807) is 37.1 Å². The molecule has 6 nitrogen and oxygen atoms in total. The highest BCUT2D eigenvalue weighted by Crippen LogP contribution is 2.33. The predicted molar refractivity (Wildman–Crippen MR) is 93.8 cm³/mol. The number of ether oxygens (including phenoxy) is 1. The number of sulfonamides is 1. The number of methoxy groups -OCH3 is 1. The molecular weight excluding hydrogens is 348 g/mol. The summed E-state index contributed by atoms with van der Waals surface area (Å²) in [6.45, 7) is 0. The van der Waals surface area contributed by atoms with Crippen molar-refractivity contribution in [2.75, 3.05) is 18.2 Å². The first-order valence-corrected chi connectivity index (χ1v) is 10.6. The van der Waals surface area contributed by atoms with Gasteiger partial charge >= 0.3 is 0 Å². The highest BCUT2D eigenvalue weighted by atomic mass is 32.2. The van der Waals surface area contributed by atoms with Gasteiger partial charge in [0.1, 0.15) is 0 Å². The molecule has 3 rings (SSSR count). The third kappa shape index (κ3) is 4.11. The SMILES string of the molecule is COC1CCC(NS(=O)(=O)c2ccc3c(c2)NC(=O)CCS3)CC1. The molecule has 2 aliphatic rings. The Hall–Kier alpha value is -1.09. The van der Waals surface area contributed by atoms with Crippen LogP contribution in [0.4, 0.5) is 5.69 Å². The number of hydrogen-bond donors (Lipinski definition) is 2. The molecule has 1 aromatic rings. The van der Waals surface area contributed by atoms with E-state index in [1.807, 2.05) is 0 Å². The molecule has 1 saturated carbocycles. The van der Waals surface area contributed by atoms with Gasteiger partial charge in [-0.3, -0.25) is 4.79 Å². The van der Waals surface area contributed by atoms with Gasteiger partial charge in [0.25, 0.3) is 0 Å². The van der Waals surface area contributed by atoms with Gasteiger partial charge in [0, 0.05) is 30.2 Å². The standard InChI is InChI=1S/C16H22N2O4S2/c1-22-12-4-2-11(3-5-12)18-24(20,21)13-6-7-15-14(10-13)17-16(19)8-9-23-15/h6-7,10-12,18H,2-5,8-9H2,1H3,(H,17,19). The molecule has 0 spiro atoms. The highest BCUT2D eigenvalue weighted by Gasteiger charge is 2.26. The van der Waals surface area contributed by atoms with E-state index < -0.39 is 10.0 Å². The average molecular weight is 370 g/mol. The summed E-state index contributed by atoms with van der Waals surface area (Å²) in [6.07, 6.45) is 3.93. The van der Waals surface area contributed by atoms with Crippen LogP contribution in [0.5, 0.6) is 0 Å². The smallest absolute Gasteiger partial charge is 0.240 e. The zero-order chi connectivity index (χ0) is 17.2. The second kappa shape index (κ2) is 7.43. The molecule has 1 fully saturated rings. The minimum Gasteiger partial charge on any atom is -0.381 e. The molecule has 1 heterocycles. The van der Waals surface area contributed by atoms with E-state index in [0.717, 1.165) is 30.6 Å². The molecule has 1 aliphatic carbocycles. The lowest BCUT2D eigenvalue weighted by atomic mass is 9.94. The Labute approximate surface area is 146 Å². The van der Waals surface area contributed by atoms with Gasteiger partial charge in [0.05, 0.1) is 16.7 Å². The van der Waals surface area contributed by atoms with Crippen LogP contribution in [0.15, 0.2) is 28.0 Å². The monoisotopic (exact) mass is 370 g/mol. The van der Waals surface area contributed by atoms with Crippen molar-refractivity contribution in [1.82, 2.24) is 4.72 Å². The molecule has 0 atom stereocenters. The summed E-state index contributed by atoms with van der Waals surface area (Å²) in [5.74, 6) is 0.619. The van der Waals surface area contributed by atoms with Crippen LogP contribution < -0.4 is 10.0 Å². The number of nitrogens with one attached hydrogen (secondary N) is 2. The molecule has 0 saturated heterocycles. The maximum Gasteiger partial charge on any atom is 0.240 e. The maximum absolute atomic E-state index is 12.6. The minimum absolute atomic E-state index is 0.0656. The lowest BCUT2D eigenvalue weighted by Crippen LogP contribution is -2.38. The fourth-order valence-electron chi connectivity index (χ4n) is 3.07. The summed E-state index contributed by atoms with van der Waals surface area (Å²) in [6, 6.07) is 4.85. The third-order valence-corrected chi connectivity index (χ3v) is 7.04. The Kier molecular flexibility index (Phi) is 5.49. The van der Waals surface area contributed by atoms with E-state index in [4.69, 9.17) is 4.74 Å². The Morgan fingerprint density at radius 2 is 2.00 bits per heavy atom. The van der Waals surface area contributed by atoms with Crippen molar-refractivity contribution in [1.29, 1.82) is 0 Å². The largest absolute Gasteiger partial charge is 0.381 e. The second-order valence-corrected chi connectivity index (χ2v) is 8.99. The van der Waals surface area contributed by atoms with Gasteiger partial charge in [-0.25, -0.2) is 13.1 Å². The molecule has 8 heteroatoms. The number of hydrogen-bond acceptors (Lipinski definition) is 5. The van der Waals surface area contributed by atoms with Crippen LogP contribution in [0, 0.1) is 0 Å². The molecule has 2 N–H and O–H groups in total. The number of fused-ring (bicyclic) bond motifs is 1. The zero-order valence-electron chi connectivity index (χ0n) is 13.6. The Morgan fingerprint density at radius 3 is 2.71 bits per heavy atom. The van der Waals surface area contributed by atoms with Crippen molar-refractivity contribution in [3.8, 4) is 0 Å². The van der Waals surface area contributed by atoms with Crippen LogP contribution in [0.25, 0.3) is 0 Å². The molecule has 1 aromatic carbocycles. The maximum atomic E-state index is 12.6. The number of rotatable bonds is 4. The molecular formula is C16H22N2O4S2. The van der Waals surface area contributed by atoms with Gasteiger partial charge in [0.15, 0.2) is 0 Å². The van der Waals surface area contributed by atoms with Crippen molar-refractivity contribution in [2.24, 2.45) is 0 Å². The number of thioether (sulfide) groups is 1. The van der Waals surface area contributed by atoms with Crippen molar-refractivity contribution in [3.63, 3.8) is 0 Å². The first kappa shape index (κ1) is 17.7. The number of carbonyl (C=O) groups is 1. The van der Waals surface area contributed by atoms with Gasteiger partial charge < -0.3 is 10.1 Å². The van der Waals surface area contributed by atoms with Gasteiger partial charge in [-0.2, -0.15) is 0 Å². The summed E-state index contributed by atoms with van der Waals surface area (Å²) < 4.78 is 33.4. The molecule has 0 radical (unpaired) electrons. The fraction of sp³-hybridized carbons (Fsp3) is 0.562. The first-order valence-electron chi connectivity index (χ1n) is 8.10. The summed E-state index contributed by atoms with van der Waals surface area (Å²) in [7, 11) is -1.91. The van der Waals surface area contributed by atoms with E-state index in [0.29, 0.717) is 17.9 Å². The third-order valence-electron chi connectivity index (χ3n) is 4.45. The molecule has 0 bridgehead atoms. The van der Waals surface area contributed by atoms with Gasteiger partial charge in [-0.1, -0.05) is 0 Å². The summed E-state index contributed by atoms with van der Waals surface area (Å²) in [4.78, 5) is 12.8. The highest BCUT2D eigenvalue weighted by molar-refractivity contribution is 7.99. The van der Waals surface area contributed by atoms with Crippen LogP contribution in [-0.2, 0) is 19.6 Å². The molecule has 132 valence electrons. The van der Waals surface area contributed by atoms with Crippen molar-refractivity contribution >= 4 is 33.4 Å². The van der Waals surface area contributed by atoms with E-state index in [1.165, 1.54) is 0 Å². The van der Waals surface area contributed by atoms with Crippen LogP contribution >= 0.6 is 11.8 Å². The van der Waals surface area contributed by atoms with Crippen LogP contribution in [0.3, 0.4) is 0 Å². The second-order valence-electron chi connectivity index (χ2n) is 6.14. The van der Waals surface area contributed by atoms with E-state index >= 15 is 0 Å². The lowest BCUT2D eigenvalue weighted by molar-refractivity contribution is -0.115. The molecule has 0 unspecified atom stereocenters. The average Bonchev–Trinajstić information content (AvgIpc) is 2.75. The van der Waals surface area contributed by atoms with Crippen LogP contribution in [0.2, 0.25) is 0 Å². The van der Waals surface area contributed by atoms with Gasteiger partial charge in [-0.05, 0) is 43.9 Å². The minimum atomic E-state index is -3.60. The topological polar surface area (TPSA) is 84.5 Å². The first-order chi connectivity index (χ1) is 11.5. The number of carbonyl (C=O) groups excluding carboxylic acids is 1. The van der Waals surface area contributed by atoms with E-state index in [2.05, 4.69) is 10.0 Å². The Morgan fingerprint density at radius 1 is 1.25 bits per heavy atom. The molecule has 0 aromatic heterocycles. The number of amides is 1. The van der Waals surface area contributed by atoms with E-state index in [-0.39, 0.29) is 22.9 Å². The fourth-order valence-corrected chi connectivity index (χ4v) is 5.34. The lowest BCUT2D eigenvalue weighted by Gasteiger charge is -2.28. The Balaban J connectivity index is 1.74. The van der Waals surface area contributed by atoms with E-state index in [9.17, 15) is 13.2 Å². The number of benzene rings is 1. The molecule has 24 heavy (non-hydrogen) atoms. The van der Waals surface area contributed by atoms with Gasteiger partial charge in [-0.15, -0.1) is 11.8 Å². The molecule has 1 amide bonds. The predicted octanol–water partition coefficient (Wildman–Crippen LogP) is 2.36. The van der Waals surface area contributed by atoms with Crippen LogP contribution in [-0.4, -0.2) is 39.3 Å². The summed E-state index contributed by atoms with van der Waals surface area (Å²) in [5, 5.41) is 2.78. The quantitative estimate of drug-likeness (QED) is 0.850. The summed E-state index contributed by atoms with van der Waals surface area (Å²) in [5.41, 5.74) is 0.577. The van der Waals surface area contributed by atoms with Gasteiger partial charge in [0.2, 0.25) is 15.9 Å². The normalized spacial score (nSPS) is 24.8. The zero-order valence-corrected chi connectivity index (χ0v) is 15.2. The van der Waals surface area contributed by atoms with Crippen molar-refractivity contribution in [2.45, 2.75) is 54.0 Å². The van der Waals surface area contributed by atoms with Crippen molar-refractivity contribution in [3.05, 3.63) is 18.2 Å². The summed E-state index contributed by atoms with van der Waals surface area (Å²) >= 11 is 1.56. The van der Waals surface area contributed by atoms with Crippen LogP contribution in [0.1, 0.15) is 32.1 Å². The number of anilines is 1.